The van der Waals surface area contributed by atoms with Crippen LogP contribution in [0.1, 0.15) is 69.3 Å². The van der Waals surface area contributed by atoms with Crippen LogP contribution in [0.3, 0.4) is 0 Å². The summed E-state index contributed by atoms with van der Waals surface area (Å²) >= 11 is 0. The van der Waals surface area contributed by atoms with Gasteiger partial charge in [0.1, 0.15) is 0 Å². The van der Waals surface area contributed by atoms with Crippen molar-refractivity contribution in [2.24, 2.45) is 5.41 Å². The molecular formula is C21H30BNO3. The van der Waals surface area contributed by atoms with Crippen LogP contribution < -0.4 is 5.46 Å². The number of nitrogens with zero attached hydrogens (tertiary/aromatic N) is 1. The van der Waals surface area contributed by atoms with E-state index in [0.29, 0.717) is 5.41 Å². The van der Waals surface area contributed by atoms with Crippen LogP contribution in [0.15, 0.2) is 18.2 Å². The highest BCUT2D eigenvalue weighted by atomic mass is 16.7. The van der Waals surface area contributed by atoms with Gasteiger partial charge in [0.15, 0.2) is 0 Å². The quantitative estimate of drug-likeness (QED) is 0.764. The molecule has 1 spiro atoms. The van der Waals surface area contributed by atoms with Gasteiger partial charge in [0.05, 0.1) is 11.2 Å². The third-order valence-corrected chi connectivity index (χ3v) is 7.10. The van der Waals surface area contributed by atoms with Gasteiger partial charge in [0.25, 0.3) is 5.91 Å². The zero-order valence-electron chi connectivity index (χ0n) is 16.7. The van der Waals surface area contributed by atoms with Crippen molar-refractivity contribution in [2.75, 3.05) is 13.1 Å². The van der Waals surface area contributed by atoms with E-state index in [1.165, 1.54) is 12.8 Å². The van der Waals surface area contributed by atoms with E-state index in [0.717, 1.165) is 42.5 Å². The van der Waals surface area contributed by atoms with Crippen LogP contribution in [0.2, 0.25) is 0 Å². The smallest absolute Gasteiger partial charge is 0.399 e. The Bertz CT molecular complexity index is 713. The summed E-state index contributed by atoms with van der Waals surface area (Å²) in [5.41, 5.74) is 2.62. The molecule has 1 amide bonds. The van der Waals surface area contributed by atoms with Crippen molar-refractivity contribution >= 4 is 18.5 Å². The highest BCUT2D eigenvalue weighted by Gasteiger charge is 2.52. The van der Waals surface area contributed by atoms with Gasteiger partial charge >= 0.3 is 7.12 Å². The van der Waals surface area contributed by atoms with Crippen molar-refractivity contribution in [3.63, 3.8) is 0 Å². The molecule has 1 aliphatic carbocycles. The molecule has 0 bridgehead atoms. The minimum Gasteiger partial charge on any atom is -0.399 e. The van der Waals surface area contributed by atoms with Crippen LogP contribution in [0.5, 0.6) is 0 Å². The predicted octanol–water partition coefficient (Wildman–Crippen LogP) is 3.31. The second kappa shape index (κ2) is 5.83. The van der Waals surface area contributed by atoms with E-state index in [1.54, 1.807) is 0 Å². The lowest BCUT2D eigenvalue weighted by Gasteiger charge is -2.32. The van der Waals surface area contributed by atoms with Crippen LogP contribution in [0.25, 0.3) is 0 Å². The summed E-state index contributed by atoms with van der Waals surface area (Å²) in [7, 11) is -0.427. The van der Waals surface area contributed by atoms with E-state index in [1.807, 2.05) is 30.0 Å². The highest BCUT2D eigenvalue weighted by Crippen LogP contribution is 2.53. The third kappa shape index (κ3) is 2.99. The molecule has 4 nitrogen and oxygen atoms in total. The van der Waals surface area contributed by atoms with Gasteiger partial charge in [-0.1, -0.05) is 11.6 Å². The number of carbonyl (C=O) groups is 1. The predicted molar refractivity (Wildman–Crippen MR) is 104 cm³/mol. The van der Waals surface area contributed by atoms with Gasteiger partial charge in [0.2, 0.25) is 0 Å². The molecule has 0 aromatic heterocycles. The fourth-order valence-electron chi connectivity index (χ4n) is 4.04. The molecule has 0 N–H and O–H groups in total. The first-order valence-electron chi connectivity index (χ1n) is 9.88. The number of aryl methyl sites for hydroxylation is 1. The number of likely N-dealkylation sites (tertiary alicyclic amines) is 1. The van der Waals surface area contributed by atoms with E-state index >= 15 is 0 Å². The molecule has 1 saturated carbocycles. The number of piperidine rings is 1. The van der Waals surface area contributed by atoms with Crippen LogP contribution in [-0.2, 0) is 9.31 Å². The Hall–Kier alpha value is -1.33. The number of benzene rings is 1. The van der Waals surface area contributed by atoms with E-state index in [-0.39, 0.29) is 17.1 Å². The van der Waals surface area contributed by atoms with Crippen LogP contribution in [0.4, 0.5) is 0 Å². The average molecular weight is 355 g/mol. The normalized spacial score (nSPS) is 25.6. The Morgan fingerprint density at radius 2 is 1.58 bits per heavy atom. The molecule has 140 valence electrons. The Morgan fingerprint density at radius 3 is 2.12 bits per heavy atom. The summed E-state index contributed by atoms with van der Waals surface area (Å²) in [6.07, 6.45) is 5.03. The summed E-state index contributed by atoms with van der Waals surface area (Å²) in [5.74, 6) is 0.137. The molecule has 26 heavy (non-hydrogen) atoms. The minimum absolute atomic E-state index is 0.137. The number of hydrogen-bond donors (Lipinski definition) is 0. The van der Waals surface area contributed by atoms with Crippen molar-refractivity contribution in [1.29, 1.82) is 0 Å². The summed E-state index contributed by atoms with van der Waals surface area (Å²) in [6.45, 7) is 12.0. The zero-order valence-corrected chi connectivity index (χ0v) is 16.7. The van der Waals surface area contributed by atoms with E-state index in [2.05, 4.69) is 27.7 Å². The fraction of sp³-hybridized carbons (Fsp3) is 0.667. The first-order chi connectivity index (χ1) is 12.1. The molecule has 0 unspecified atom stereocenters. The molecule has 5 heteroatoms. The topological polar surface area (TPSA) is 38.8 Å². The second-order valence-corrected chi connectivity index (χ2v) is 9.45. The number of hydrogen-bond acceptors (Lipinski definition) is 3. The zero-order chi connectivity index (χ0) is 18.7. The summed E-state index contributed by atoms with van der Waals surface area (Å²) in [4.78, 5) is 15.0. The van der Waals surface area contributed by atoms with E-state index in [4.69, 9.17) is 9.31 Å². The maximum atomic E-state index is 13.0. The van der Waals surface area contributed by atoms with Crippen molar-refractivity contribution < 1.29 is 14.1 Å². The van der Waals surface area contributed by atoms with Gasteiger partial charge < -0.3 is 14.2 Å². The maximum absolute atomic E-state index is 13.0. The lowest BCUT2D eigenvalue weighted by atomic mass is 9.75. The van der Waals surface area contributed by atoms with Crippen molar-refractivity contribution in [3.05, 3.63) is 29.3 Å². The largest absolute Gasteiger partial charge is 0.495 e. The van der Waals surface area contributed by atoms with Crippen LogP contribution >= 0.6 is 0 Å². The third-order valence-electron chi connectivity index (χ3n) is 7.10. The molecule has 3 aliphatic rings. The minimum atomic E-state index is -0.427. The van der Waals surface area contributed by atoms with Crippen LogP contribution in [-0.4, -0.2) is 42.2 Å². The maximum Gasteiger partial charge on any atom is 0.495 e. The van der Waals surface area contributed by atoms with E-state index < -0.39 is 7.12 Å². The Morgan fingerprint density at radius 1 is 1.00 bits per heavy atom. The molecule has 2 heterocycles. The Labute approximate surface area is 157 Å². The molecule has 2 aliphatic heterocycles. The molecule has 0 radical (unpaired) electrons. The van der Waals surface area contributed by atoms with Crippen LogP contribution in [0, 0.1) is 12.3 Å². The molecule has 1 aromatic carbocycles. The van der Waals surface area contributed by atoms with Gasteiger partial charge in [0, 0.05) is 18.7 Å². The van der Waals surface area contributed by atoms with Gasteiger partial charge in [-0.3, -0.25) is 4.79 Å². The standard InChI is InChI=1S/C21H30BNO3/c1-15-6-7-16(18(24)23-12-10-21(8-9-21)11-13-23)14-17(15)22-25-19(2,3)20(4,5)26-22/h6-7,14H,8-13H2,1-5H3. The van der Waals surface area contributed by atoms with Gasteiger partial charge in [-0.05, 0) is 83.3 Å². The number of rotatable bonds is 2. The van der Waals surface area contributed by atoms with E-state index in [9.17, 15) is 4.79 Å². The highest BCUT2D eigenvalue weighted by molar-refractivity contribution is 6.62. The Kier molecular flexibility index (Phi) is 4.05. The van der Waals surface area contributed by atoms with Crippen molar-refractivity contribution in [2.45, 2.75) is 71.5 Å². The fourth-order valence-corrected chi connectivity index (χ4v) is 4.04. The Balaban J connectivity index is 1.54. The van der Waals surface area contributed by atoms with Crippen molar-refractivity contribution in [1.82, 2.24) is 4.90 Å². The lowest BCUT2D eigenvalue weighted by molar-refractivity contribution is 0.00578. The van der Waals surface area contributed by atoms with Gasteiger partial charge in [-0.25, -0.2) is 0 Å². The SMILES string of the molecule is Cc1ccc(C(=O)N2CCC3(CC2)CC3)cc1B1OC(C)(C)C(C)(C)O1. The lowest BCUT2D eigenvalue weighted by Crippen LogP contribution is -2.41. The molecular weight excluding hydrogens is 325 g/mol. The second-order valence-electron chi connectivity index (χ2n) is 9.45. The first-order valence-corrected chi connectivity index (χ1v) is 9.88. The summed E-state index contributed by atoms with van der Waals surface area (Å²) in [6, 6.07) is 5.93. The number of amides is 1. The molecule has 3 fully saturated rings. The molecule has 4 rings (SSSR count). The monoisotopic (exact) mass is 355 g/mol. The first kappa shape index (κ1) is 18.1. The summed E-state index contributed by atoms with van der Waals surface area (Å²) in [5, 5.41) is 0. The molecule has 0 atom stereocenters. The van der Waals surface area contributed by atoms with Crippen molar-refractivity contribution in [3.8, 4) is 0 Å². The van der Waals surface area contributed by atoms with Gasteiger partial charge in [-0.2, -0.15) is 0 Å². The summed E-state index contributed by atoms with van der Waals surface area (Å²) < 4.78 is 12.4. The number of carbonyl (C=O) groups excluding carboxylic acids is 1. The molecule has 2 saturated heterocycles. The molecule has 1 aromatic rings. The van der Waals surface area contributed by atoms with Gasteiger partial charge in [-0.15, -0.1) is 0 Å². The average Bonchev–Trinajstić information content (AvgIpc) is 3.28.